The summed E-state index contributed by atoms with van der Waals surface area (Å²) in [5.41, 5.74) is 3.44. The number of benzene rings is 2. The summed E-state index contributed by atoms with van der Waals surface area (Å²) in [4.78, 5) is 45.3. The van der Waals surface area contributed by atoms with Crippen LogP contribution in [0, 0.1) is 6.92 Å². The number of piperazine rings is 1. The summed E-state index contributed by atoms with van der Waals surface area (Å²) < 4.78 is 10.7. The Morgan fingerprint density at radius 3 is 2.38 bits per heavy atom. The third kappa shape index (κ3) is 6.15. The molecule has 0 aromatic heterocycles. The molecule has 1 fully saturated rings. The molecule has 9 heteroatoms. The number of aryl methyl sites for hydroxylation is 1. The van der Waals surface area contributed by atoms with Crippen LogP contribution in [0.5, 0.6) is 5.75 Å². The summed E-state index contributed by atoms with van der Waals surface area (Å²) in [6, 6.07) is 13.9. The summed E-state index contributed by atoms with van der Waals surface area (Å²) in [5.74, 6) is 0.212. The second-order valence-corrected chi connectivity index (χ2v) is 9.52. The SMILES string of the molecule is C=CCN1C(=O)N[C@H](c2ccccc2C)C(C(=O)OCC)=C1CN1CCN(C(=O)c2ccc(OC)cc2)CC1. The molecule has 0 aliphatic carbocycles. The number of carbonyl (C=O) groups is 3. The molecule has 206 valence electrons. The molecule has 0 saturated carbocycles. The molecule has 2 heterocycles. The minimum absolute atomic E-state index is 0.0336. The van der Waals surface area contributed by atoms with Crippen molar-refractivity contribution in [3.63, 3.8) is 0 Å². The van der Waals surface area contributed by atoms with Crippen molar-refractivity contribution in [1.29, 1.82) is 0 Å². The predicted octanol–water partition coefficient (Wildman–Crippen LogP) is 3.53. The van der Waals surface area contributed by atoms with E-state index in [0.717, 1.165) is 11.1 Å². The molecule has 4 rings (SSSR count). The van der Waals surface area contributed by atoms with Crippen molar-refractivity contribution in [1.82, 2.24) is 20.0 Å². The highest BCUT2D eigenvalue weighted by Gasteiger charge is 2.39. The van der Waals surface area contributed by atoms with Crippen LogP contribution in [0.25, 0.3) is 0 Å². The smallest absolute Gasteiger partial charge is 0.338 e. The van der Waals surface area contributed by atoms with Gasteiger partial charge in [0.2, 0.25) is 0 Å². The van der Waals surface area contributed by atoms with Crippen molar-refractivity contribution in [2.24, 2.45) is 0 Å². The molecule has 0 spiro atoms. The maximum atomic E-state index is 13.4. The van der Waals surface area contributed by atoms with Gasteiger partial charge in [0.1, 0.15) is 5.75 Å². The van der Waals surface area contributed by atoms with Crippen LogP contribution < -0.4 is 10.1 Å². The summed E-state index contributed by atoms with van der Waals surface area (Å²) in [6.45, 7) is 10.6. The Morgan fingerprint density at radius 1 is 1.08 bits per heavy atom. The summed E-state index contributed by atoms with van der Waals surface area (Å²) in [6.07, 6.45) is 1.64. The van der Waals surface area contributed by atoms with Crippen molar-refractivity contribution in [3.05, 3.63) is 89.1 Å². The lowest BCUT2D eigenvalue weighted by atomic mass is 9.91. The number of carbonyl (C=O) groups excluding carboxylic acids is 3. The maximum absolute atomic E-state index is 13.4. The van der Waals surface area contributed by atoms with Gasteiger partial charge in [-0.15, -0.1) is 6.58 Å². The number of hydrogen-bond donors (Lipinski definition) is 1. The van der Waals surface area contributed by atoms with Crippen LogP contribution in [0.2, 0.25) is 0 Å². The molecular weight excluding hydrogens is 496 g/mol. The first kappa shape index (κ1) is 27.9. The molecule has 3 amide bonds. The lowest BCUT2D eigenvalue weighted by Gasteiger charge is -2.40. The van der Waals surface area contributed by atoms with E-state index in [0.29, 0.717) is 55.3 Å². The summed E-state index contributed by atoms with van der Waals surface area (Å²) in [7, 11) is 1.59. The number of nitrogens with one attached hydrogen (secondary N) is 1. The Kier molecular flexibility index (Phi) is 9.03. The van der Waals surface area contributed by atoms with Gasteiger partial charge in [-0.05, 0) is 49.2 Å². The van der Waals surface area contributed by atoms with Gasteiger partial charge in [-0.25, -0.2) is 9.59 Å². The van der Waals surface area contributed by atoms with Crippen LogP contribution in [-0.2, 0) is 9.53 Å². The van der Waals surface area contributed by atoms with E-state index in [1.54, 1.807) is 49.3 Å². The van der Waals surface area contributed by atoms with Gasteiger partial charge in [0.05, 0.1) is 25.3 Å². The Balaban J connectivity index is 1.60. The highest BCUT2D eigenvalue weighted by atomic mass is 16.5. The summed E-state index contributed by atoms with van der Waals surface area (Å²) in [5, 5.41) is 3.01. The number of amides is 3. The molecule has 39 heavy (non-hydrogen) atoms. The lowest BCUT2D eigenvalue weighted by molar-refractivity contribution is -0.139. The van der Waals surface area contributed by atoms with Gasteiger partial charge < -0.3 is 19.7 Å². The Hall–Kier alpha value is -4.11. The van der Waals surface area contributed by atoms with E-state index in [-0.39, 0.29) is 25.1 Å². The maximum Gasteiger partial charge on any atom is 0.338 e. The third-order valence-corrected chi connectivity index (χ3v) is 7.11. The fraction of sp³-hybridized carbons (Fsp3) is 0.367. The van der Waals surface area contributed by atoms with E-state index in [1.807, 2.05) is 36.1 Å². The van der Waals surface area contributed by atoms with Crippen molar-refractivity contribution in [2.75, 3.05) is 53.0 Å². The zero-order valence-electron chi connectivity index (χ0n) is 22.8. The van der Waals surface area contributed by atoms with E-state index < -0.39 is 12.0 Å². The van der Waals surface area contributed by atoms with E-state index in [9.17, 15) is 14.4 Å². The molecule has 1 atom stereocenters. The normalized spacial score (nSPS) is 18.0. The zero-order valence-corrected chi connectivity index (χ0v) is 22.8. The van der Waals surface area contributed by atoms with Crippen LogP contribution in [0.4, 0.5) is 4.79 Å². The molecule has 0 unspecified atom stereocenters. The second-order valence-electron chi connectivity index (χ2n) is 9.52. The van der Waals surface area contributed by atoms with Gasteiger partial charge in [0, 0.05) is 50.5 Å². The summed E-state index contributed by atoms with van der Waals surface area (Å²) >= 11 is 0. The number of urea groups is 1. The molecule has 0 bridgehead atoms. The fourth-order valence-electron chi connectivity index (χ4n) is 5.03. The molecule has 2 aromatic carbocycles. The third-order valence-electron chi connectivity index (χ3n) is 7.11. The number of ether oxygens (including phenoxy) is 2. The van der Waals surface area contributed by atoms with Crippen LogP contribution in [0.15, 0.2) is 72.5 Å². The highest BCUT2D eigenvalue weighted by Crippen LogP contribution is 2.33. The average Bonchev–Trinajstić information content (AvgIpc) is 2.95. The fourth-order valence-corrected chi connectivity index (χ4v) is 5.03. The van der Waals surface area contributed by atoms with Crippen LogP contribution >= 0.6 is 0 Å². The molecule has 9 nitrogen and oxygen atoms in total. The molecule has 2 aromatic rings. The first-order chi connectivity index (χ1) is 18.9. The minimum Gasteiger partial charge on any atom is -0.497 e. The molecule has 0 radical (unpaired) electrons. The number of rotatable bonds is 9. The number of hydrogen-bond acceptors (Lipinski definition) is 6. The molecule has 1 N–H and O–H groups in total. The van der Waals surface area contributed by atoms with E-state index in [1.165, 1.54) is 0 Å². The second kappa shape index (κ2) is 12.6. The van der Waals surface area contributed by atoms with Crippen molar-refractivity contribution in [2.45, 2.75) is 19.9 Å². The van der Waals surface area contributed by atoms with Crippen LogP contribution in [0.3, 0.4) is 0 Å². The van der Waals surface area contributed by atoms with Crippen molar-refractivity contribution >= 4 is 17.9 Å². The van der Waals surface area contributed by atoms with Gasteiger partial charge in [-0.3, -0.25) is 14.6 Å². The number of nitrogens with zero attached hydrogens (tertiary/aromatic N) is 3. The quantitative estimate of drug-likeness (QED) is 0.393. The topological polar surface area (TPSA) is 91.4 Å². The van der Waals surface area contributed by atoms with E-state index >= 15 is 0 Å². The molecule has 1 saturated heterocycles. The number of methoxy groups -OCH3 is 1. The van der Waals surface area contributed by atoms with Gasteiger partial charge in [-0.1, -0.05) is 30.3 Å². The minimum atomic E-state index is -0.633. The lowest BCUT2D eigenvalue weighted by Crippen LogP contribution is -2.54. The van der Waals surface area contributed by atoms with Gasteiger partial charge in [-0.2, -0.15) is 0 Å². The van der Waals surface area contributed by atoms with Crippen molar-refractivity contribution in [3.8, 4) is 5.75 Å². The van der Waals surface area contributed by atoms with E-state index in [2.05, 4.69) is 16.8 Å². The standard InChI is InChI=1S/C30H36N4O5/c1-5-15-34-25(20-32-16-18-33(19-17-32)28(35)22-11-13-23(38-4)14-12-22)26(29(36)39-6-2)27(31-30(34)37)24-10-8-7-9-21(24)3/h5,7-14,27H,1,6,15-20H2,2-4H3,(H,31,37)/t27-/m1/s1. The molecular formula is C30H36N4O5. The van der Waals surface area contributed by atoms with Crippen molar-refractivity contribution < 1.29 is 23.9 Å². The van der Waals surface area contributed by atoms with E-state index in [4.69, 9.17) is 9.47 Å². The Bertz CT molecular complexity index is 1250. The Labute approximate surface area is 229 Å². The largest absolute Gasteiger partial charge is 0.497 e. The van der Waals surface area contributed by atoms with Crippen LogP contribution in [0.1, 0.15) is 34.5 Å². The highest BCUT2D eigenvalue weighted by molar-refractivity contribution is 5.96. The molecule has 2 aliphatic heterocycles. The van der Waals surface area contributed by atoms with Gasteiger partial charge >= 0.3 is 12.0 Å². The Morgan fingerprint density at radius 2 is 1.77 bits per heavy atom. The first-order valence-electron chi connectivity index (χ1n) is 13.2. The van der Waals surface area contributed by atoms with Gasteiger partial charge in [0.15, 0.2) is 0 Å². The molecule has 2 aliphatic rings. The first-order valence-corrected chi connectivity index (χ1v) is 13.2. The average molecular weight is 533 g/mol. The van der Waals surface area contributed by atoms with Crippen LogP contribution in [-0.4, -0.2) is 85.6 Å². The number of esters is 1. The monoisotopic (exact) mass is 532 g/mol. The predicted molar refractivity (Wildman–Crippen MR) is 148 cm³/mol. The zero-order chi connectivity index (χ0) is 27.9. The van der Waals surface area contributed by atoms with Gasteiger partial charge in [0.25, 0.3) is 5.91 Å².